The van der Waals surface area contributed by atoms with Gasteiger partial charge in [-0.3, -0.25) is 4.79 Å². The molecule has 0 spiro atoms. The molecule has 3 rings (SSSR count). The molecule has 5 nitrogen and oxygen atoms in total. The molecule has 16 heavy (non-hydrogen) atoms. The van der Waals surface area contributed by atoms with E-state index in [2.05, 4.69) is 0 Å². The summed E-state index contributed by atoms with van der Waals surface area (Å²) in [5, 5.41) is -0.631. The number of carbonyl (C=O) groups excluding carboxylic acids is 1. The van der Waals surface area contributed by atoms with Gasteiger partial charge in [-0.05, 0) is 13.8 Å². The van der Waals surface area contributed by atoms with Gasteiger partial charge in [0.15, 0.2) is 24.3 Å². The second kappa shape index (κ2) is 3.32. The van der Waals surface area contributed by atoms with E-state index in [4.69, 9.17) is 30.5 Å². The maximum absolute atomic E-state index is 11.4. The average Bonchev–Trinajstić information content (AvgIpc) is 2.60. The molecule has 0 aromatic heterocycles. The molecule has 3 heterocycles. The number of hydrogen-bond acceptors (Lipinski definition) is 5. The number of ether oxygens (including phenoxy) is 4. The monoisotopic (exact) mass is 248 g/mol. The normalized spacial score (nSPS) is 49.7. The number of alkyl halides is 1. The van der Waals surface area contributed by atoms with Gasteiger partial charge < -0.3 is 18.9 Å². The number of hydrogen-bond donors (Lipinski definition) is 0. The highest BCUT2D eigenvalue weighted by molar-refractivity contribution is 6.30. The van der Waals surface area contributed by atoms with Crippen molar-refractivity contribution in [1.29, 1.82) is 0 Å². The summed E-state index contributed by atoms with van der Waals surface area (Å²) in [6.45, 7) is 3.61. The summed E-state index contributed by atoms with van der Waals surface area (Å²) in [4.78, 5) is 11.4. The van der Waals surface area contributed by atoms with Crippen molar-refractivity contribution in [2.45, 2.75) is 56.0 Å². The lowest BCUT2D eigenvalue weighted by atomic mass is 10.0. The molecule has 0 N–H and O–H groups in total. The Hall–Kier alpha value is -0.360. The molecule has 0 aliphatic carbocycles. The molecule has 0 amide bonds. The lowest BCUT2D eigenvalue weighted by molar-refractivity contribution is -0.224. The van der Waals surface area contributed by atoms with Gasteiger partial charge in [0, 0.05) is 6.42 Å². The van der Waals surface area contributed by atoms with Crippen LogP contribution in [0.1, 0.15) is 20.3 Å². The average molecular weight is 249 g/mol. The third-order valence-electron chi connectivity index (χ3n) is 3.03. The first-order chi connectivity index (χ1) is 7.46. The van der Waals surface area contributed by atoms with Crippen LogP contribution in [0.5, 0.6) is 0 Å². The first-order valence-electron chi connectivity index (χ1n) is 5.32. The summed E-state index contributed by atoms with van der Waals surface area (Å²) in [5.41, 5.74) is 0. The number of fused-ring (bicyclic) bond motifs is 3. The topological polar surface area (TPSA) is 54.0 Å². The highest BCUT2D eigenvalue weighted by atomic mass is 35.5. The van der Waals surface area contributed by atoms with Crippen LogP contribution in [0.3, 0.4) is 0 Å². The molecular formula is C10H13ClO5. The minimum atomic E-state index is -0.690. The van der Waals surface area contributed by atoms with Crippen LogP contribution in [0.25, 0.3) is 0 Å². The maximum atomic E-state index is 11.4. The van der Waals surface area contributed by atoms with E-state index in [1.807, 2.05) is 0 Å². The van der Waals surface area contributed by atoms with Crippen LogP contribution in [0, 0.1) is 0 Å². The van der Waals surface area contributed by atoms with E-state index in [9.17, 15) is 4.79 Å². The summed E-state index contributed by atoms with van der Waals surface area (Å²) < 4.78 is 22.1. The lowest BCUT2D eigenvalue weighted by Crippen LogP contribution is -2.45. The van der Waals surface area contributed by atoms with Crippen LogP contribution < -0.4 is 0 Å². The Balaban J connectivity index is 1.79. The Bertz CT molecular complexity index is 331. The number of carbonyl (C=O) groups is 1. The van der Waals surface area contributed by atoms with E-state index in [1.165, 1.54) is 0 Å². The number of rotatable bonds is 0. The quantitative estimate of drug-likeness (QED) is 0.469. The molecule has 0 aromatic carbocycles. The first-order valence-corrected chi connectivity index (χ1v) is 5.75. The second-order valence-electron chi connectivity index (χ2n) is 4.75. The molecule has 0 bridgehead atoms. The van der Waals surface area contributed by atoms with Crippen LogP contribution in [-0.2, 0) is 23.7 Å². The Labute approximate surface area is 97.9 Å². The van der Waals surface area contributed by atoms with Crippen LogP contribution in [0.4, 0.5) is 0 Å². The van der Waals surface area contributed by atoms with E-state index in [-0.39, 0.29) is 12.2 Å². The summed E-state index contributed by atoms with van der Waals surface area (Å²) in [6, 6.07) is 0. The fourth-order valence-corrected chi connectivity index (χ4v) is 2.61. The van der Waals surface area contributed by atoms with Crippen LogP contribution in [0.15, 0.2) is 0 Å². The van der Waals surface area contributed by atoms with Crippen molar-refractivity contribution in [2.24, 2.45) is 0 Å². The second-order valence-corrected chi connectivity index (χ2v) is 5.27. The summed E-state index contributed by atoms with van der Waals surface area (Å²) >= 11 is 5.81. The van der Waals surface area contributed by atoms with Crippen molar-refractivity contribution in [3.05, 3.63) is 0 Å². The minimum absolute atomic E-state index is 0.216. The van der Waals surface area contributed by atoms with Crippen LogP contribution in [0.2, 0.25) is 0 Å². The SMILES string of the molecule is CC1(C)OC2OC3CC(Cl)C(=O)OC3C2O1. The molecule has 3 fully saturated rings. The van der Waals surface area contributed by atoms with Crippen LogP contribution >= 0.6 is 11.6 Å². The van der Waals surface area contributed by atoms with Gasteiger partial charge in [0.05, 0.1) is 0 Å². The van der Waals surface area contributed by atoms with E-state index in [0.29, 0.717) is 6.42 Å². The maximum Gasteiger partial charge on any atom is 0.324 e. The van der Waals surface area contributed by atoms with E-state index in [0.717, 1.165) is 0 Å². The Morgan fingerprint density at radius 3 is 2.81 bits per heavy atom. The summed E-state index contributed by atoms with van der Waals surface area (Å²) in [7, 11) is 0. The van der Waals surface area contributed by atoms with Gasteiger partial charge >= 0.3 is 5.97 Å². The third kappa shape index (κ3) is 1.54. The Morgan fingerprint density at radius 1 is 1.31 bits per heavy atom. The Morgan fingerprint density at radius 2 is 2.06 bits per heavy atom. The van der Waals surface area contributed by atoms with Crippen molar-refractivity contribution in [2.75, 3.05) is 0 Å². The fraction of sp³-hybridized carbons (Fsp3) is 0.900. The molecular weight excluding hydrogens is 236 g/mol. The van der Waals surface area contributed by atoms with Gasteiger partial charge in [-0.15, -0.1) is 11.6 Å². The minimum Gasteiger partial charge on any atom is -0.455 e. The van der Waals surface area contributed by atoms with Crippen molar-refractivity contribution in [3.63, 3.8) is 0 Å². The first kappa shape index (κ1) is 10.8. The lowest BCUT2D eigenvalue weighted by Gasteiger charge is -2.30. The molecule has 3 saturated heterocycles. The Kier molecular flexibility index (Phi) is 2.24. The fourth-order valence-electron chi connectivity index (χ4n) is 2.39. The third-order valence-corrected chi connectivity index (χ3v) is 3.39. The molecule has 0 aromatic rings. The smallest absolute Gasteiger partial charge is 0.324 e. The predicted octanol–water partition coefficient (Wildman–Crippen LogP) is 0.786. The van der Waals surface area contributed by atoms with E-state index >= 15 is 0 Å². The van der Waals surface area contributed by atoms with Crippen molar-refractivity contribution < 1.29 is 23.7 Å². The van der Waals surface area contributed by atoms with Gasteiger partial charge in [0.1, 0.15) is 11.5 Å². The van der Waals surface area contributed by atoms with Gasteiger partial charge in [-0.25, -0.2) is 0 Å². The zero-order valence-corrected chi connectivity index (χ0v) is 9.77. The highest BCUT2D eigenvalue weighted by Gasteiger charge is 2.58. The molecule has 5 unspecified atom stereocenters. The van der Waals surface area contributed by atoms with Crippen molar-refractivity contribution in [1.82, 2.24) is 0 Å². The van der Waals surface area contributed by atoms with E-state index in [1.54, 1.807) is 13.8 Å². The standard InChI is InChI=1S/C10H13ClO5/c1-10(2)15-7-6-5(13-9(7)16-10)3-4(11)8(12)14-6/h4-7,9H,3H2,1-2H3. The molecule has 3 aliphatic rings. The molecule has 0 saturated carbocycles. The summed E-state index contributed by atoms with van der Waals surface area (Å²) in [5.74, 6) is -1.09. The zero-order valence-electron chi connectivity index (χ0n) is 9.01. The number of esters is 1. The predicted molar refractivity (Wildman–Crippen MR) is 52.8 cm³/mol. The highest BCUT2D eigenvalue weighted by Crippen LogP contribution is 2.42. The van der Waals surface area contributed by atoms with Gasteiger partial charge in [-0.1, -0.05) is 0 Å². The molecule has 0 radical (unpaired) electrons. The van der Waals surface area contributed by atoms with Crippen molar-refractivity contribution in [3.8, 4) is 0 Å². The molecule has 3 aliphatic heterocycles. The largest absolute Gasteiger partial charge is 0.455 e. The van der Waals surface area contributed by atoms with Gasteiger partial charge in [0.25, 0.3) is 0 Å². The van der Waals surface area contributed by atoms with Crippen LogP contribution in [-0.4, -0.2) is 41.7 Å². The molecule has 5 atom stereocenters. The van der Waals surface area contributed by atoms with Gasteiger partial charge in [-0.2, -0.15) is 0 Å². The zero-order chi connectivity index (χ0) is 11.5. The van der Waals surface area contributed by atoms with E-state index < -0.39 is 29.5 Å². The van der Waals surface area contributed by atoms with Gasteiger partial charge in [0.2, 0.25) is 0 Å². The van der Waals surface area contributed by atoms with Crippen molar-refractivity contribution >= 4 is 17.6 Å². The summed E-state index contributed by atoms with van der Waals surface area (Å²) in [6.07, 6.45) is -0.959. The molecule has 90 valence electrons. The number of halogens is 1. The molecule has 6 heteroatoms.